The van der Waals surface area contributed by atoms with Crippen molar-refractivity contribution in [1.29, 1.82) is 0 Å². The molecule has 5 aliphatic rings. The van der Waals surface area contributed by atoms with Crippen LogP contribution in [0.4, 0.5) is 0 Å². The van der Waals surface area contributed by atoms with Crippen LogP contribution < -0.4 is 0 Å². The van der Waals surface area contributed by atoms with Crippen LogP contribution in [0.3, 0.4) is 0 Å². The Morgan fingerprint density at radius 2 is 1.11 bits per heavy atom. The maximum atomic E-state index is 2.50. The summed E-state index contributed by atoms with van der Waals surface area (Å²) in [7, 11) is 0. The average molecular weight is 677 g/mol. The molecule has 11 rings (SSSR count). The highest BCUT2D eigenvalue weighted by atomic mass is 14.4. The summed E-state index contributed by atoms with van der Waals surface area (Å²) in [6, 6.07) is 41.3. The average Bonchev–Trinajstić information content (AvgIpc) is 3.44. The van der Waals surface area contributed by atoms with Gasteiger partial charge in [0.25, 0.3) is 0 Å². The minimum Gasteiger partial charge on any atom is -0.0767 e. The number of allylic oxidation sites excluding steroid dienone is 13. The molecule has 0 amide bonds. The standard InChI is InChI=1S/C53H40/c1-53(2)50-14-8-7-12-46(50)47-26-25-40(32-51(47)53)38-22-21-35-27-37(20-19-36(35)28-38)39-18-15-33-16-23-41(30-43(33)29-39)49-31-42-24-17-34-9-3-4-10-44(34)52(42)48-13-6-5-11-45(48)49/h3-34,43-44H,1-2H3. The molecular weight excluding hydrogens is 637 g/mol. The van der Waals surface area contributed by atoms with E-state index in [1.54, 1.807) is 0 Å². The molecule has 0 nitrogen and oxygen atoms in total. The Kier molecular flexibility index (Phi) is 6.65. The summed E-state index contributed by atoms with van der Waals surface area (Å²) in [6.07, 6.45) is 28.3. The number of rotatable bonds is 3. The van der Waals surface area contributed by atoms with E-state index in [0.717, 1.165) is 0 Å². The van der Waals surface area contributed by atoms with Gasteiger partial charge < -0.3 is 0 Å². The Morgan fingerprint density at radius 1 is 0.453 bits per heavy atom. The van der Waals surface area contributed by atoms with E-state index in [-0.39, 0.29) is 5.41 Å². The zero-order valence-corrected chi connectivity index (χ0v) is 30.1. The van der Waals surface area contributed by atoms with Crippen molar-refractivity contribution in [2.75, 3.05) is 0 Å². The molecule has 0 saturated carbocycles. The van der Waals surface area contributed by atoms with Crippen LogP contribution in [-0.4, -0.2) is 0 Å². The van der Waals surface area contributed by atoms with E-state index in [1.807, 2.05) is 0 Å². The number of hydrogen-bond acceptors (Lipinski definition) is 0. The van der Waals surface area contributed by atoms with Crippen molar-refractivity contribution in [3.63, 3.8) is 0 Å². The molecule has 6 aromatic carbocycles. The lowest BCUT2D eigenvalue weighted by Crippen LogP contribution is -2.15. The van der Waals surface area contributed by atoms with Crippen molar-refractivity contribution in [3.8, 4) is 22.3 Å². The van der Waals surface area contributed by atoms with E-state index in [1.165, 1.54) is 88.3 Å². The fraction of sp³-hybridized carbons (Fsp3) is 0.132. The van der Waals surface area contributed by atoms with E-state index < -0.39 is 0 Å². The number of benzene rings is 6. The third-order valence-corrected chi connectivity index (χ3v) is 12.7. The van der Waals surface area contributed by atoms with Gasteiger partial charge in [-0.25, -0.2) is 0 Å². The van der Waals surface area contributed by atoms with Crippen molar-refractivity contribution in [1.82, 2.24) is 0 Å². The lowest BCUT2D eigenvalue weighted by atomic mass is 9.73. The van der Waals surface area contributed by atoms with Gasteiger partial charge in [0.1, 0.15) is 0 Å². The van der Waals surface area contributed by atoms with Gasteiger partial charge in [-0.3, -0.25) is 0 Å². The summed E-state index contributed by atoms with van der Waals surface area (Å²) in [4.78, 5) is 0. The molecule has 0 spiro atoms. The van der Waals surface area contributed by atoms with Crippen molar-refractivity contribution in [2.24, 2.45) is 17.8 Å². The van der Waals surface area contributed by atoms with Gasteiger partial charge in [0.2, 0.25) is 0 Å². The highest BCUT2D eigenvalue weighted by Gasteiger charge is 2.35. The molecule has 252 valence electrons. The Hall–Kier alpha value is -5.98. The Balaban J connectivity index is 0.913. The second-order valence-electron chi connectivity index (χ2n) is 16.0. The third kappa shape index (κ3) is 4.75. The van der Waals surface area contributed by atoms with Gasteiger partial charge in [0, 0.05) is 29.1 Å². The van der Waals surface area contributed by atoms with E-state index in [4.69, 9.17) is 0 Å². The first-order chi connectivity index (χ1) is 26.0. The Labute approximate surface area is 312 Å². The second-order valence-corrected chi connectivity index (χ2v) is 16.0. The maximum absolute atomic E-state index is 2.50. The molecule has 4 unspecified atom stereocenters. The van der Waals surface area contributed by atoms with Crippen LogP contribution in [0.5, 0.6) is 0 Å². The van der Waals surface area contributed by atoms with Crippen molar-refractivity contribution in [3.05, 3.63) is 209 Å². The van der Waals surface area contributed by atoms with E-state index in [9.17, 15) is 0 Å². The molecule has 0 heterocycles. The highest BCUT2D eigenvalue weighted by Crippen LogP contribution is 2.50. The molecule has 4 atom stereocenters. The Morgan fingerprint density at radius 3 is 2.00 bits per heavy atom. The number of hydrogen-bond donors (Lipinski definition) is 0. The first kappa shape index (κ1) is 30.6. The van der Waals surface area contributed by atoms with Crippen LogP contribution in [0, 0.1) is 17.8 Å². The fourth-order valence-electron chi connectivity index (χ4n) is 9.89. The van der Waals surface area contributed by atoms with Crippen molar-refractivity contribution < 1.29 is 0 Å². The minimum atomic E-state index is -0.00178. The monoisotopic (exact) mass is 676 g/mol. The van der Waals surface area contributed by atoms with Crippen LogP contribution in [0.25, 0.3) is 61.0 Å². The van der Waals surface area contributed by atoms with Crippen LogP contribution in [-0.2, 0) is 5.41 Å². The predicted molar refractivity (Wildman–Crippen MR) is 226 cm³/mol. The molecule has 6 aromatic rings. The summed E-state index contributed by atoms with van der Waals surface area (Å²) in [5.74, 6) is 1.51. The SMILES string of the molecule is CC1(C)c2ccccc2-c2ccc(-c3ccc4cc(C5=CC6C=C(c7cc8c(c9ccccc79)C7C=CC=CC7C=C8)C=CC6C=C5)ccc4c3)cc21. The van der Waals surface area contributed by atoms with Gasteiger partial charge in [-0.15, -0.1) is 0 Å². The van der Waals surface area contributed by atoms with Crippen molar-refractivity contribution in [2.45, 2.75) is 25.2 Å². The molecule has 0 radical (unpaired) electrons. The van der Waals surface area contributed by atoms with Crippen LogP contribution in [0.2, 0.25) is 0 Å². The Bertz CT molecular complexity index is 2770. The zero-order chi connectivity index (χ0) is 35.3. The lowest BCUT2D eigenvalue weighted by Gasteiger charge is -2.30. The first-order valence-electron chi connectivity index (χ1n) is 19.2. The summed E-state index contributed by atoms with van der Waals surface area (Å²) < 4.78 is 0. The fourth-order valence-corrected chi connectivity index (χ4v) is 9.89. The zero-order valence-electron chi connectivity index (χ0n) is 30.1. The van der Waals surface area contributed by atoms with Gasteiger partial charge in [-0.05, 0) is 113 Å². The molecule has 0 bridgehead atoms. The molecule has 5 aliphatic carbocycles. The normalized spacial score (nSPS) is 22.5. The maximum Gasteiger partial charge on any atom is 0.0159 e. The minimum absolute atomic E-state index is 0.00178. The summed E-state index contributed by atoms with van der Waals surface area (Å²) >= 11 is 0. The summed E-state index contributed by atoms with van der Waals surface area (Å²) in [6.45, 7) is 4.71. The predicted octanol–water partition coefficient (Wildman–Crippen LogP) is 13.7. The molecular formula is C53H40. The smallest absolute Gasteiger partial charge is 0.0159 e. The van der Waals surface area contributed by atoms with Crippen LogP contribution in [0.1, 0.15) is 53.1 Å². The molecule has 0 aliphatic heterocycles. The highest BCUT2D eigenvalue weighted by molar-refractivity contribution is 6.01. The summed E-state index contributed by atoms with van der Waals surface area (Å²) in [5.41, 5.74) is 16.1. The van der Waals surface area contributed by atoms with Gasteiger partial charge in [0.05, 0.1) is 0 Å². The molecule has 0 N–H and O–H groups in total. The van der Waals surface area contributed by atoms with Gasteiger partial charge in [0.15, 0.2) is 0 Å². The summed E-state index contributed by atoms with van der Waals surface area (Å²) in [5, 5.41) is 5.27. The lowest BCUT2D eigenvalue weighted by molar-refractivity contribution is 0.660. The first-order valence-corrected chi connectivity index (χ1v) is 19.2. The molecule has 0 heteroatoms. The van der Waals surface area contributed by atoms with Gasteiger partial charge >= 0.3 is 0 Å². The van der Waals surface area contributed by atoms with E-state index >= 15 is 0 Å². The van der Waals surface area contributed by atoms with Crippen LogP contribution in [0.15, 0.2) is 176 Å². The molecule has 53 heavy (non-hydrogen) atoms. The van der Waals surface area contributed by atoms with Crippen LogP contribution >= 0.6 is 0 Å². The van der Waals surface area contributed by atoms with Crippen molar-refractivity contribution >= 4 is 38.8 Å². The van der Waals surface area contributed by atoms with Gasteiger partial charge in [-0.2, -0.15) is 0 Å². The van der Waals surface area contributed by atoms with E-state index in [2.05, 4.69) is 196 Å². The van der Waals surface area contributed by atoms with E-state index in [0.29, 0.717) is 23.7 Å². The molecule has 0 fully saturated rings. The second kappa shape index (κ2) is 11.5. The molecule has 0 saturated heterocycles. The number of fused-ring (bicyclic) bond motifs is 10. The third-order valence-electron chi connectivity index (χ3n) is 12.7. The topological polar surface area (TPSA) is 0 Å². The molecule has 0 aromatic heterocycles. The quantitative estimate of drug-likeness (QED) is 0.175. The van der Waals surface area contributed by atoms with Gasteiger partial charge in [-0.1, -0.05) is 172 Å². The largest absolute Gasteiger partial charge is 0.0767 e.